The van der Waals surface area contributed by atoms with E-state index in [9.17, 15) is 45.3 Å². The highest BCUT2D eigenvalue weighted by Gasteiger charge is 2.51. The van der Waals surface area contributed by atoms with E-state index in [0.717, 1.165) is 0 Å². The van der Waals surface area contributed by atoms with E-state index >= 15 is 0 Å². The fourth-order valence-corrected chi connectivity index (χ4v) is 7.10. The smallest absolute Gasteiger partial charge is 0.243 e. The Morgan fingerprint density at radius 2 is 1.32 bits per heavy atom. The third-order valence-corrected chi connectivity index (χ3v) is 10.7. The topological polar surface area (TPSA) is 375 Å². The molecule has 2 aromatic carbocycles. The van der Waals surface area contributed by atoms with Crippen molar-refractivity contribution >= 4 is 29.8 Å². The minimum atomic E-state index is -1.81. The first-order valence-corrected chi connectivity index (χ1v) is 21.7. The Morgan fingerprint density at radius 1 is 0.727 bits per heavy atom. The Morgan fingerprint density at radius 3 is 1.91 bits per heavy atom. The largest absolute Gasteiger partial charge is 0.484 e. The highest BCUT2D eigenvalue weighted by Crippen LogP contribution is 2.47. The molecule has 2 fully saturated rings. The number of nitrogens with zero attached hydrogens (tertiary/aromatic N) is 2. The maximum Gasteiger partial charge on any atom is 0.243 e. The lowest BCUT2D eigenvalue weighted by Crippen LogP contribution is -2.65. The summed E-state index contributed by atoms with van der Waals surface area (Å²) in [5, 5.41) is 78.1. The number of benzene rings is 2. The number of fused-ring (bicyclic) bond motifs is 1. The standard InChI is InChI=1S/C40H58N8O14.C4H8/c41-39(42)47-15-3-1-13-45-27(51)12-6-20-5-11-24-23(17-20)28(36(57)46-14-2-4-16-48-40(43)44)34(59-24)21-7-9-22(10-8-21)58-37-33(56)31(54)35(26(19-50)61-37)62-38-32(55)30(53)29(52)25(18-49)60-38;1-3-4-2/h5-12,17,25-26,28-35,37-38,49-50,52-56H,1-4,13-16,18-19H2,(H,45,51)(H,46,57)(H4,41,42,47)(H4,43,44,48);3-4H,1-2H3. The van der Waals surface area contributed by atoms with Gasteiger partial charge in [-0.25, -0.2) is 0 Å². The number of carbonyl (C=O) groups is 2. The molecule has 12 atom stereocenters. The minimum Gasteiger partial charge on any atom is -0.484 e. The SMILES string of the molecule is CC=CC.NC(N)=NCCCCNC(=O)C=Cc1ccc2c(c1)C(C(=O)NCCCCN=C(N)N)C(c1ccc(OC3OC(CO)C(OC4OC(CO)C(O)C(O)C4O)C(O)C3O)cc1)O2. The number of nitrogens with one attached hydrogen (secondary N) is 2. The lowest BCUT2D eigenvalue weighted by molar-refractivity contribution is -0.352. The van der Waals surface area contributed by atoms with Crippen molar-refractivity contribution in [3.63, 3.8) is 0 Å². The van der Waals surface area contributed by atoms with Crippen molar-refractivity contribution < 1.29 is 69.0 Å². The lowest BCUT2D eigenvalue weighted by atomic mass is 9.89. The van der Waals surface area contributed by atoms with Gasteiger partial charge in [-0.05, 0) is 81.0 Å². The summed E-state index contributed by atoms with van der Waals surface area (Å²) in [4.78, 5) is 34.3. The van der Waals surface area contributed by atoms with E-state index in [-0.39, 0.29) is 29.5 Å². The van der Waals surface area contributed by atoms with E-state index in [0.29, 0.717) is 74.3 Å². The van der Waals surface area contributed by atoms with Gasteiger partial charge in [-0.1, -0.05) is 30.4 Å². The monoisotopic (exact) mass is 930 g/mol. The first-order valence-electron chi connectivity index (χ1n) is 21.7. The summed E-state index contributed by atoms with van der Waals surface area (Å²) in [6.45, 7) is 4.18. The van der Waals surface area contributed by atoms with Gasteiger partial charge in [-0.2, -0.15) is 0 Å². The molecule has 2 saturated heterocycles. The molecule has 12 unspecified atom stereocenters. The van der Waals surface area contributed by atoms with Crippen LogP contribution in [0.1, 0.15) is 68.2 Å². The maximum atomic E-state index is 13.9. The number of guanidine groups is 2. The second-order valence-corrected chi connectivity index (χ2v) is 15.6. The van der Waals surface area contributed by atoms with E-state index in [1.54, 1.807) is 48.5 Å². The number of rotatable bonds is 20. The van der Waals surface area contributed by atoms with Crippen LogP contribution < -0.4 is 43.0 Å². The number of ether oxygens (including phenoxy) is 5. The summed E-state index contributed by atoms with van der Waals surface area (Å²) in [5.74, 6) is -0.779. The van der Waals surface area contributed by atoms with Gasteiger partial charge >= 0.3 is 0 Å². The summed E-state index contributed by atoms with van der Waals surface area (Å²) in [5.41, 5.74) is 23.3. The van der Waals surface area contributed by atoms with Gasteiger partial charge in [0.15, 0.2) is 18.2 Å². The highest BCUT2D eigenvalue weighted by molar-refractivity contribution is 5.92. The Bertz CT molecular complexity index is 1940. The fraction of sp³-hybridized carbons (Fsp3) is 0.545. The average Bonchev–Trinajstić information content (AvgIpc) is 3.69. The minimum absolute atomic E-state index is 0.0159. The summed E-state index contributed by atoms with van der Waals surface area (Å²) in [7, 11) is 0. The summed E-state index contributed by atoms with van der Waals surface area (Å²) >= 11 is 0. The molecule has 22 nitrogen and oxygen atoms in total. The number of aliphatic hydroxyl groups excluding tert-OH is 7. The predicted octanol–water partition coefficient (Wildman–Crippen LogP) is -2.16. The second kappa shape index (κ2) is 26.7. The number of unbranched alkanes of at least 4 members (excludes halogenated alkanes) is 2. The van der Waals surface area contributed by atoms with Crippen molar-refractivity contribution in [3.8, 4) is 11.5 Å². The molecule has 0 saturated carbocycles. The Balaban J connectivity index is 0.00000228. The van der Waals surface area contributed by atoms with Crippen molar-refractivity contribution in [2.24, 2.45) is 32.9 Å². The van der Waals surface area contributed by atoms with Gasteiger partial charge in [-0.15, -0.1) is 0 Å². The molecule has 66 heavy (non-hydrogen) atoms. The molecule has 17 N–H and O–H groups in total. The van der Waals surface area contributed by atoms with Crippen molar-refractivity contribution in [1.82, 2.24) is 10.6 Å². The molecule has 2 aromatic rings. The molecular weight excluding hydrogens is 865 g/mol. The zero-order valence-corrected chi connectivity index (χ0v) is 37.0. The van der Waals surface area contributed by atoms with Crippen LogP contribution in [0.2, 0.25) is 0 Å². The van der Waals surface area contributed by atoms with E-state index < -0.39 is 86.6 Å². The number of hydrogen-bond donors (Lipinski definition) is 13. The quantitative estimate of drug-likeness (QED) is 0.0221. The van der Waals surface area contributed by atoms with Crippen LogP contribution in [0.4, 0.5) is 0 Å². The Kier molecular flexibility index (Phi) is 21.5. The first-order chi connectivity index (χ1) is 31.6. The zero-order valence-electron chi connectivity index (χ0n) is 37.0. The molecule has 0 bridgehead atoms. The lowest BCUT2D eigenvalue weighted by Gasteiger charge is -2.45. The number of carbonyl (C=O) groups excluding carboxylic acids is 2. The predicted molar refractivity (Wildman–Crippen MR) is 241 cm³/mol. The van der Waals surface area contributed by atoms with E-state index in [1.807, 2.05) is 26.0 Å². The third-order valence-electron chi connectivity index (χ3n) is 10.7. The van der Waals surface area contributed by atoms with Crippen LogP contribution in [0, 0.1) is 0 Å². The van der Waals surface area contributed by atoms with E-state index in [4.69, 9.17) is 46.6 Å². The molecular formula is C44H66N8O14. The fourth-order valence-electron chi connectivity index (χ4n) is 7.10. The van der Waals surface area contributed by atoms with Crippen molar-refractivity contribution in [1.29, 1.82) is 0 Å². The van der Waals surface area contributed by atoms with Crippen LogP contribution in [0.15, 0.2) is 70.7 Å². The van der Waals surface area contributed by atoms with Crippen LogP contribution in [-0.2, 0) is 23.8 Å². The van der Waals surface area contributed by atoms with Crippen LogP contribution in [0.3, 0.4) is 0 Å². The molecule has 3 aliphatic rings. The summed E-state index contributed by atoms with van der Waals surface area (Å²) in [6.07, 6.45) is -7.23. The Labute approximate surface area is 382 Å². The highest BCUT2D eigenvalue weighted by atomic mass is 16.7. The molecule has 0 radical (unpaired) electrons. The van der Waals surface area contributed by atoms with E-state index in [1.165, 1.54) is 6.08 Å². The molecule has 0 aliphatic carbocycles. The number of nitrogens with two attached hydrogens (primary N) is 4. The Hall–Kier alpha value is -5.40. The van der Waals surface area contributed by atoms with Crippen LogP contribution in [0.5, 0.6) is 11.5 Å². The molecule has 0 spiro atoms. The third kappa shape index (κ3) is 15.1. The maximum absolute atomic E-state index is 13.9. The van der Waals surface area contributed by atoms with Gasteiger partial charge in [0.05, 0.1) is 13.2 Å². The van der Waals surface area contributed by atoms with Crippen LogP contribution >= 0.6 is 0 Å². The number of allylic oxidation sites excluding steroid dienone is 2. The van der Waals surface area contributed by atoms with Gasteiger partial charge < -0.3 is 93.0 Å². The van der Waals surface area contributed by atoms with E-state index in [2.05, 4.69) is 20.6 Å². The summed E-state index contributed by atoms with van der Waals surface area (Å²) in [6, 6.07) is 11.7. The van der Waals surface area contributed by atoms with Gasteiger partial charge in [0.25, 0.3) is 0 Å². The van der Waals surface area contributed by atoms with Crippen LogP contribution in [0.25, 0.3) is 6.08 Å². The molecule has 2 amide bonds. The van der Waals surface area contributed by atoms with Gasteiger partial charge in [-0.3, -0.25) is 19.6 Å². The molecule has 0 aromatic heterocycles. The number of amides is 2. The number of aliphatic hydroxyl groups is 7. The molecule has 366 valence electrons. The normalized spacial score (nSPS) is 28.1. The molecule has 22 heteroatoms. The molecule has 3 heterocycles. The van der Waals surface area contributed by atoms with Crippen LogP contribution in [-0.4, -0.2) is 160 Å². The second-order valence-electron chi connectivity index (χ2n) is 15.6. The van der Waals surface area contributed by atoms with Crippen molar-refractivity contribution in [2.75, 3.05) is 39.4 Å². The molecule has 3 aliphatic heterocycles. The van der Waals surface area contributed by atoms with Gasteiger partial charge in [0.1, 0.15) is 72.4 Å². The first kappa shape index (κ1) is 53.2. The average molecular weight is 931 g/mol. The molecule has 5 rings (SSSR count). The number of aliphatic imine (C=N–C) groups is 2. The number of hydrogen-bond acceptors (Lipinski definition) is 16. The van der Waals surface area contributed by atoms with Gasteiger partial charge in [0.2, 0.25) is 18.1 Å². The van der Waals surface area contributed by atoms with Crippen molar-refractivity contribution in [2.45, 2.75) is 113 Å². The zero-order chi connectivity index (χ0) is 48.3. The van der Waals surface area contributed by atoms with Gasteiger partial charge in [0, 0.05) is 37.8 Å². The summed E-state index contributed by atoms with van der Waals surface area (Å²) < 4.78 is 29.0. The van der Waals surface area contributed by atoms with Crippen molar-refractivity contribution in [3.05, 3.63) is 77.4 Å².